The lowest BCUT2D eigenvalue weighted by Gasteiger charge is -2.57. The van der Waals surface area contributed by atoms with E-state index in [1.54, 1.807) is 30.1 Å². The fourth-order valence-corrected chi connectivity index (χ4v) is 6.15. The summed E-state index contributed by atoms with van der Waals surface area (Å²) in [6.45, 7) is 3.65. The Balaban J connectivity index is 0.000000346. The highest BCUT2D eigenvalue weighted by atomic mass is 19.3. The number of rotatable bonds is 7. The monoisotopic (exact) mass is 586 g/mol. The SMILES string of the molecule is CN(C)C.CN1CCCC1.COc1cc(C=O)ccc1Cn1ncc2nc(N)nc(NCC3CC4(C3)CC(F)(F)C4)c21. The quantitative estimate of drug-likeness (QED) is 0.389. The summed E-state index contributed by atoms with van der Waals surface area (Å²) in [6, 6.07) is 5.22. The average Bonchev–Trinajstić information content (AvgIpc) is 3.53. The van der Waals surface area contributed by atoms with Gasteiger partial charge in [0.1, 0.15) is 23.1 Å². The number of aldehydes is 1. The van der Waals surface area contributed by atoms with Crippen molar-refractivity contribution in [2.75, 3.05) is 66.0 Å². The topological polar surface area (TPSA) is 114 Å². The third-order valence-electron chi connectivity index (χ3n) is 7.87. The van der Waals surface area contributed by atoms with Crippen LogP contribution in [0.25, 0.3) is 11.0 Å². The molecule has 1 saturated heterocycles. The van der Waals surface area contributed by atoms with E-state index in [4.69, 9.17) is 10.5 Å². The van der Waals surface area contributed by atoms with Crippen LogP contribution in [0, 0.1) is 11.3 Å². The summed E-state index contributed by atoms with van der Waals surface area (Å²) in [4.78, 5) is 24.1. The number of nitrogens with two attached hydrogens (primary N) is 1. The second-order valence-electron chi connectivity index (χ2n) is 12.4. The van der Waals surface area contributed by atoms with Gasteiger partial charge in [-0.25, -0.2) is 13.8 Å². The molecule has 0 atom stereocenters. The van der Waals surface area contributed by atoms with Crippen molar-refractivity contribution in [3.05, 3.63) is 35.5 Å². The number of hydrogen-bond donors (Lipinski definition) is 2. The number of methoxy groups -OCH3 is 1. The van der Waals surface area contributed by atoms with E-state index in [0.717, 1.165) is 24.7 Å². The van der Waals surface area contributed by atoms with Crippen LogP contribution in [0.2, 0.25) is 0 Å². The number of nitrogens with one attached hydrogen (secondary N) is 1. The van der Waals surface area contributed by atoms with Gasteiger partial charge in [0.25, 0.3) is 0 Å². The maximum absolute atomic E-state index is 13.3. The Kier molecular flexibility index (Phi) is 9.98. The van der Waals surface area contributed by atoms with Crippen molar-refractivity contribution in [2.24, 2.45) is 11.3 Å². The van der Waals surface area contributed by atoms with Gasteiger partial charge < -0.3 is 25.6 Å². The Morgan fingerprint density at radius 1 is 1.17 bits per heavy atom. The summed E-state index contributed by atoms with van der Waals surface area (Å²) < 4.78 is 33.7. The van der Waals surface area contributed by atoms with Crippen molar-refractivity contribution >= 4 is 29.1 Å². The van der Waals surface area contributed by atoms with Gasteiger partial charge in [-0.15, -0.1) is 0 Å². The molecule has 0 radical (unpaired) electrons. The first-order valence-corrected chi connectivity index (χ1v) is 14.4. The lowest BCUT2D eigenvalue weighted by Crippen LogP contribution is -2.54. The van der Waals surface area contributed by atoms with Crippen molar-refractivity contribution in [3.63, 3.8) is 0 Å². The van der Waals surface area contributed by atoms with Crippen LogP contribution in [0.15, 0.2) is 24.4 Å². The van der Waals surface area contributed by atoms with Gasteiger partial charge in [-0.2, -0.15) is 10.1 Å². The Bertz CT molecular complexity index is 1340. The standard InChI is InChI=1S/C22H24F2N6O2.C5H11N.C3H9N/c1-32-17-4-13(10-31)2-3-15(17)9-30-18-16(8-27-30)28-20(25)29-19(18)26-7-14-5-21(6-14)11-22(23,24)12-21;1-6-4-2-3-5-6;1-4(2)3/h2-4,8,10,14H,5-7,9,11-12H2,1H3,(H3,25,26,28,29);2-5H2,1H3;1-3H3. The van der Waals surface area contributed by atoms with E-state index in [2.05, 4.69) is 32.3 Å². The fraction of sp³-hybridized carbons (Fsp3) is 0.600. The van der Waals surface area contributed by atoms with Gasteiger partial charge in [-0.3, -0.25) is 9.48 Å². The van der Waals surface area contributed by atoms with Gasteiger partial charge in [-0.1, -0.05) is 12.1 Å². The van der Waals surface area contributed by atoms with Gasteiger partial charge in [-0.05, 0) is 84.4 Å². The average molecular weight is 587 g/mol. The molecule has 0 amide bonds. The normalized spacial score (nSPS) is 18.9. The molecule has 3 aromatic rings. The fourth-order valence-electron chi connectivity index (χ4n) is 6.15. The second-order valence-corrected chi connectivity index (χ2v) is 12.4. The Morgan fingerprint density at radius 3 is 2.38 bits per heavy atom. The van der Waals surface area contributed by atoms with Crippen LogP contribution in [0.5, 0.6) is 5.75 Å². The summed E-state index contributed by atoms with van der Waals surface area (Å²) in [5.41, 5.74) is 8.39. The molecule has 1 aromatic carbocycles. The molecule has 3 heterocycles. The molecule has 1 aliphatic heterocycles. The van der Waals surface area contributed by atoms with E-state index in [1.165, 1.54) is 25.9 Å². The highest BCUT2D eigenvalue weighted by molar-refractivity contribution is 5.86. The lowest BCUT2D eigenvalue weighted by molar-refractivity contribution is -0.204. The van der Waals surface area contributed by atoms with E-state index < -0.39 is 5.92 Å². The van der Waals surface area contributed by atoms with Gasteiger partial charge in [0.15, 0.2) is 5.82 Å². The molecule has 3 N–H and O–H groups in total. The largest absolute Gasteiger partial charge is 0.496 e. The number of likely N-dealkylation sites (tertiary alicyclic amines) is 1. The molecule has 12 heteroatoms. The summed E-state index contributed by atoms with van der Waals surface area (Å²) in [7, 11) is 9.72. The first-order chi connectivity index (χ1) is 19.9. The van der Waals surface area contributed by atoms with Crippen LogP contribution in [-0.2, 0) is 6.54 Å². The Hall–Kier alpha value is -3.38. The predicted octanol–water partition coefficient (Wildman–Crippen LogP) is 4.41. The number of nitrogens with zero attached hydrogens (tertiary/aromatic N) is 6. The first-order valence-electron chi connectivity index (χ1n) is 14.4. The van der Waals surface area contributed by atoms with E-state index in [1.807, 2.05) is 32.1 Å². The highest BCUT2D eigenvalue weighted by Crippen LogP contribution is 2.64. The number of anilines is 2. The van der Waals surface area contributed by atoms with Crippen molar-refractivity contribution in [2.45, 2.75) is 51.0 Å². The van der Waals surface area contributed by atoms with Crippen molar-refractivity contribution in [3.8, 4) is 5.75 Å². The third kappa shape index (κ3) is 7.91. The number of hydrogen-bond acceptors (Lipinski definition) is 9. The molecule has 1 spiro atoms. The molecule has 2 saturated carbocycles. The first kappa shape index (κ1) is 31.6. The predicted molar refractivity (Wildman–Crippen MR) is 161 cm³/mol. The van der Waals surface area contributed by atoms with Crippen LogP contribution in [-0.4, -0.2) is 96.7 Å². The van der Waals surface area contributed by atoms with E-state index in [-0.39, 0.29) is 24.2 Å². The molecule has 10 nitrogen and oxygen atoms in total. The maximum atomic E-state index is 13.3. The van der Waals surface area contributed by atoms with Crippen LogP contribution in [0.3, 0.4) is 0 Å². The van der Waals surface area contributed by atoms with Crippen molar-refractivity contribution in [1.29, 1.82) is 0 Å². The van der Waals surface area contributed by atoms with E-state index in [0.29, 0.717) is 47.2 Å². The molecule has 230 valence electrons. The number of benzene rings is 1. The highest BCUT2D eigenvalue weighted by Gasteiger charge is 2.61. The van der Waals surface area contributed by atoms with Gasteiger partial charge in [0, 0.05) is 30.5 Å². The zero-order valence-corrected chi connectivity index (χ0v) is 25.4. The minimum Gasteiger partial charge on any atom is -0.496 e. The number of ether oxygens (including phenoxy) is 1. The minimum absolute atomic E-state index is 0.0126. The summed E-state index contributed by atoms with van der Waals surface area (Å²) in [6.07, 6.45) is 6.85. The van der Waals surface area contributed by atoms with Crippen LogP contribution in [0.4, 0.5) is 20.5 Å². The molecule has 2 aromatic heterocycles. The summed E-state index contributed by atoms with van der Waals surface area (Å²) in [5.74, 6) is -0.876. The number of halogens is 2. The Labute approximate surface area is 246 Å². The number of carbonyl (C=O) groups is 1. The van der Waals surface area contributed by atoms with E-state index in [9.17, 15) is 13.6 Å². The van der Waals surface area contributed by atoms with Crippen LogP contribution >= 0.6 is 0 Å². The minimum atomic E-state index is -2.48. The number of fused-ring (bicyclic) bond motifs is 1. The second kappa shape index (κ2) is 13.3. The maximum Gasteiger partial charge on any atom is 0.249 e. The molecule has 2 aliphatic carbocycles. The zero-order chi connectivity index (χ0) is 30.5. The number of carbonyl (C=O) groups excluding carboxylic acids is 1. The lowest BCUT2D eigenvalue weighted by atomic mass is 9.50. The van der Waals surface area contributed by atoms with Gasteiger partial charge >= 0.3 is 0 Å². The number of aromatic nitrogens is 4. The molecule has 42 heavy (non-hydrogen) atoms. The Morgan fingerprint density at radius 2 is 1.83 bits per heavy atom. The zero-order valence-electron chi connectivity index (χ0n) is 25.4. The van der Waals surface area contributed by atoms with E-state index >= 15 is 0 Å². The molecule has 0 bridgehead atoms. The molecule has 3 fully saturated rings. The van der Waals surface area contributed by atoms with Crippen molar-refractivity contribution < 1.29 is 18.3 Å². The number of alkyl halides is 2. The van der Waals surface area contributed by atoms with Crippen molar-refractivity contribution in [1.82, 2.24) is 29.5 Å². The van der Waals surface area contributed by atoms with Crippen LogP contribution < -0.4 is 15.8 Å². The summed E-state index contributed by atoms with van der Waals surface area (Å²) >= 11 is 0. The molecular weight excluding hydrogens is 542 g/mol. The molecule has 0 unspecified atom stereocenters. The third-order valence-corrected chi connectivity index (χ3v) is 7.87. The molecular formula is C30H44F2N8O2. The van der Waals surface area contributed by atoms with Gasteiger partial charge in [0.2, 0.25) is 11.9 Å². The van der Waals surface area contributed by atoms with Gasteiger partial charge in [0.05, 0.1) is 19.9 Å². The summed E-state index contributed by atoms with van der Waals surface area (Å²) in [5, 5.41) is 7.78. The van der Waals surface area contributed by atoms with Crippen LogP contribution in [0.1, 0.15) is 54.4 Å². The smallest absolute Gasteiger partial charge is 0.249 e. The molecule has 6 rings (SSSR count). The molecule has 3 aliphatic rings. The number of nitrogen functional groups attached to an aromatic ring is 1.